The molecule has 0 bridgehead atoms. The van der Waals surface area contributed by atoms with Gasteiger partial charge in [0.15, 0.2) is 0 Å². The number of carboxylic acids is 1. The Bertz CT molecular complexity index is 629. The van der Waals surface area contributed by atoms with Crippen molar-refractivity contribution in [1.29, 1.82) is 0 Å². The Morgan fingerprint density at radius 2 is 2.00 bits per heavy atom. The molecule has 0 spiro atoms. The lowest BCUT2D eigenvalue weighted by atomic mass is 10.0. The molecule has 0 unspecified atom stereocenters. The van der Waals surface area contributed by atoms with Gasteiger partial charge >= 0.3 is 5.97 Å². The first-order valence-electron chi connectivity index (χ1n) is 5.43. The van der Waals surface area contributed by atoms with Gasteiger partial charge in [-0.15, -0.1) is 0 Å². The zero-order valence-electron chi connectivity index (χ0n) is 9.80. The zero-order valence-corrected chi connectivity index (χ0v) is 9.80. The molecule has 0 aliphatic rings. The molecule has 1 heterocycles. The number of carboxylic acid groups (broad SMARTS) is 1. The maximum absolute atomic E-state index is 11.5. The Morgan fingerprint density at radius 1 is 1.33 bits per heavy atom. The van der Waals surface area contributed by atoms with Gasteiger partial charge in [-0.3, -0.25) is 4.79 Å². The van der Waals surface area contributed by atoms with Crippen molar-refractivity contribution in [2.75, 3.05) is 0 Å². The van der Waals surface area contributed by atoms with Gasteiger partial charge in [-0.1, -0.05) is 12.1 Å². The Kier molecular flexibility index (Phi) is 3.23. The van der Waals surface area contributed by atoms with Gasteiger partial charge in [0.2, 0.25) is 0 Å². The molecule has 2 aromatic rings. The van der Waals surface area contributed by atoms with E-state index in [0.717, 1.165) is 11.3 Å². The molecule has 92 valence electrons. The number of aromatic nitrogens is 2. The van der Waals surface area contributed by atoms with Crippen LogP contribution in [0, 0.1) is 6.92 Å². The summed E-state index contributed by atoms with van der Waals surface area (Å²) in [5.74, 6) is -0.959. The van der Waals surface area contributed by atoms with E-state index in [0.29, 0.717) is 12.0 Å². The molecule has 0 atom stereocenters. The zero-order chi connectivity index (χ0) is 13.1. The van der Waals surface area contributed by atoms with Crippen LogP contribution in [0.5, 0.6) is 0 Å². The van der Waals surface area contributed by atoms with E-state index in [9.17, 15) is 9.59 Å². The summed E-state index contributed by atoms with van der Waals surface area (Å²) in [5, 5.41) is 15.0. The number of aryl methyl sites for hydroxylation is 1. The van der Waals surface area contributed by atoms with Crippen molar-refractivity contribution in [2.45, 2.75) is 13.3 Å². The molecule has 5 heteroatoms. The van der Waals surface area contributed by atoms with E-state index in [1.54, 1.807) is 25.1 Å². The maximum Gasteiger partial charge on any atom is 0.335 e. The molecule has 5 nitrogen and oxygen atoms in total. The average molecular weight is 244 g/mol. The summed E-state index contributed by atoms with van der Waals surface area (Å²) in [6, 6.07) is 8.20. The van der Waals surface area contributed by atoms with E-state index in [4.69, 9.17) is 5.11 Å². The minimum Gasteiger partial charge on any atom is -0.478 e. The smallest absolute Gasteiger partial charge is 0.335 e. The van der Waals surface area contributed by atoms with Crippen molar-refractivity contribution in [3.8, 4) is 0 Å². The number of hydrogen-bond donors (Lipinski definition) is 2. The van der Waals surface area contributed by atoms with E-state index in [-0.39, 0.29) is 11.1 Å². The average Bonchev–Trinajstić information content (AvgIpc) is 2.34. The molecular weight excluding hydrogens is 232 g/mol. The summed E-state index contributed by atoms with van der Waals surface area (Å²) in [6.45, 7) is 1.80. The first-order valence-corrected chi connectivity index (χ1v) is 5.43. The SMILES string of the molecule is Cc1cc(Cc2ccc(C(=O)O)cc2)c(=O)[nH]n1. The number of nitrogens with zero attached hydrogens (tertiary/aromatic N) is 1. The van der Waals surface area contributed by atoms with Crippen LogP contribution in [-0.2, 0) is 6.42 Å². The number of carbonyl (C=O) groups is 1. The molecular formula is C13H12N2O3. The van der Waals surface area contributed by atoms with Gasteiger partial charge in [0.05, 0.1) is 11.3 Å². The fourth-order valence-corrected chi connectivity index (χ4v) is 1.68. The summed E-state index contributed by atoms with van der Waals surface area (Å²) < 4.78 is 0. The first-order chi connectivity index (χ1) is 8.56. The fraction of sp³-hybridized carbons (Fsp3) is 0.154. The number of nitrogens with one attached hydrogen (secondary N) is 1. The highest BCUT2D eigenvalue weighted by atomic mass is 16.4. The molecule has 2 N–H and O–H groups in total. The lowest BCUT2D eigenvalue weighted by Crippen LogP contribution is -2.15. The van der Waals surface area contributed by atoms with Gasteiger partial charge in [0, 0.05) is 12.0 Å². The second-order valence-corrected chi connectivity index (χ2v) is 4.04. The second-order valence-electron chi connectivity index (χ2n) is 4.04. The predicted octanol–water partition coefficient (Wildman–Crippen LogP) is 1.37. The number of H-pyrrole nitrogens is 1. The second kappa shape index (κ2) is 4.83. The normalized spacial score (nSPS) is 10.3. The molecule has 0 amide bonds. The van der Waals surface area contributed by atoms with Crippen LogP contribution in [0.1, 0.15) is 27.2 Å². The predicted molar refractivity (Wildman–Crippen MR) is 65.8 cm³/mol. The molecule has 0 aliphatic heterocycles. The van der Waals surface area contributed by atoms with Crippen LogP contribution in [0.4, 0.5) is 0 Å². The minimum atomic E-state index is -0.959. The topological polar surface area (TPSA) is 83.0 Å². The van der Waals surface area contributed by atoms with Crippen LogP contribution in [0.2, 0.25) is 0 Å². The van der Waals surface area contributed by atoms with Crippen LogP contribution in [-0.4, -0.2) is 21.3 Å². The molecule has 2 rings (SSSR count). The Hall–Kier alpha value is -2.43. The molecule has 1 aromatic heterocycles. The lowest BCUT2D eigenvalue weighted by molar-refractivity contribution is 0.0697. The van der Waals surface area contributed by atoms with Crippen LogP contribution in [0.3, 0.4) is 0 Å². The van der Waals surface area contributed by atoms with E-state index in [1.807, 2.05) is 0 Å². The Labute approximate surface area is 103 Å². The number of benzene rings is 1. The summed E-state index contributed by atoms with van der Waals surface area (Å²) in [7, 11) is 0. The van der Waals surface area contributed by atoms with Crippen LogP contribution >= 0.6 is 0 Å². The number of aromatic carboxylic acids is 1. The summed E-state index contributed by atoms with van der Waals surface area (Å²) in [5.41, 5.74) is 2.26. The van der Waals surface area contributed by atoms with Crippen molar-refractivity contribution >= 4 is 5.97 Å². The van der Waals surface area contributed by atoms with Crippen molar-refractivity contribution in [3.05, 3.63) is 63.1 Å². The highest BCUT2D eigenvalue weighted by Crippen LogP contribution is 2.08. The largest absolute Gasteiger partial charge is 0.478 e. The van der Waals surface area contributed by atoms with E-state index < -0.39 is 5.97 Å². The van der Waals surface area contributed by atoms with Crippen molar-refractivity contribution in [3.63, 3.8) is 0 Å². The van der Waals surface area contributed by atoms with Gasteiger partial charge in [-0.2, -0.15) is 5.10 Å². The van der Waals surface area contributed by atoms with Crippen molar-refractivity contribution in [2.24, 2.45) is 0 Å². The van der Waals surface area contributed by atoms with Crippen molar-refractivity contribution in [1.82, 2.24) is 10.2 Å². The molecule has 1 aromatic carbocycles. The molecule has 0 radical (unpaired) electrons. The van der Waals surface area contributed by atoms with Gasteiger partial charge in [0.1, 0.15) is 0 Å². The minimum absolute atomic E-state index is 0.220. The summed E-state index contributed by atoms with van der Waals surface area (Å²) in [4.78, 5) is 22.2. The standard InChI is InChI=1S/C13H12N2O3/c1-8-6-11(12(16)15-14-8)7-9-2-4-10(5-3-9)13(17)18/h2-6H,7H2,1H3,(H,15,16)(H,17,18). The van der Waals surface area contributed by atoms with Crippen molar-refractivity contribution < 1.29 is 9.90 Å². The monoisotopic (exact) mass is 244 g/mol. The highest BCUT2D eigenvalue weighted by Gasteiger charge is 2.05. The number of rotatable bonds is 3. The van der Waals surface area contributed by atoms with Crippen LogP contribution in [0.15, 0.2) is 35.1 Å². The highest BCUT2D eigenvalue weighted by molar-refractivity contribution is 5.87. The van der Waals surface area contributed by atoms with Crippen LogP contribution in [0.25, 0.3) is 0 Å². The third-order valence-electron chi connectivity index (χ3n) is 2.60. The third kappa shape index (κ3) is 2.63. The summed E-state index contributed by atoms with van der Waals surface area (Å²) >= 11 is 0. The molecule has 0 aliphatic carbocycles. The quantitative estimate of drug-likeness (QED) is 0.854. The van der Waals surface area contributed by atoms with Gasteiger partial charge in [-0.05, 0) is 30.7 Å². The number of aromatic amines is 1. The third-order valence-corrected chi connectivity index (χ3v) is 2.60. The molecule has 0 saturated heterocycles. The Balaban J connectivity index is 2.26. The van der Waals surface area contributed by atoms with Crippen LogP contribution < -0.4 is 5.56 Å². The van der Waals surface area contributed by atoms with Gasteiger partial charge in [-0.25, -0.2) is 9.89 Å². The summed E-state index contributed by atoms with van der Waals surface area (Å²) in [6.07, 6.45) is 0.457. The van der Waals surface area contributed by atoms with Gasteiger partial charge < -0.3 is 5.11 Å². The van der Waals surface area contributed by atoms with E-state index >= 15 is 0 Å². The van der Waals surface area contributed by atoms with E-state index in [1.165, 1.54) is 12.1 Å². The van der Waals surface area contributed by atoms with E-state index in [2.05, 4.69) is 10.2 Å². The maximum atomic E-state index is 11.5. The number of hydrogen-bond acceptors (Lipinski definition) is 3. The first kappa shape index (κ1) is 12.0. The molecule has 0 saturated carbocycles. The molecule has 18 heavy (non-hydrogen) atoms. The fourth-order valence-electron chi connectivity index (χ4n) is 1.68. The lowest BCUT2D eigenvalue weighted by Gasteiger charge is -2.02. The Morgan fingerprint density at radius 3 is 2.61 bits per heavy atom. The molecule has 0 fully saturated rings. The van der Waals surface area contributed by atoms with Gasteiger partial charge in [0.25, 0.3) is 5.56 Å².